The van der Waals surface area contributed by atoms with Crippen LogP contribution in [0.4, 0.5) is 0 Å². The van der Waals surface area contributed by atoms with Gasteiger partial charge in [0.1, 0.15) is 11.8 Å². The molecule has 0 saturated carbocycles. The van der Waals surface area contributed by atoms with E-state index in [9.17, 15) is 9.59 Å². The van der Waals surface area contributed by atoms with E-state index in [4.69, 9.17) is 4.74 Å². The number of carbonyl (C=O) groups is 2. The van der Waals surface area contributed by atoms with Gasteiger partial charge in [-0.2, -0.15) is 0 Å². The maximum atomic E-state index is 13.0. The molecule has 0 bridgehead atoms. The molecule has 2 aromatic rings. The lowest BCUT2D eigenvalue weighted by molar-refractivity contribution is -0.125. The summed E-state index contributed by atoms with van der Waals surface area (Å²) >= 11 is 0. The van der Waals surface area contributed by atoms with Gasteiger partial charge in [-0.1, -0.05) is 44.2 Å². The SMILES string of the molecule is CC(C)CCNC(=O)C1c2ccccc2C(=O)N1Cc1ccc(OC(C)C)cc1. The van der Waals surface area contributed by atoms with Gasteiger partial charge in [0.15, 0.2) is 0 Å². The summed E-state index contributed by atoms with van der Waals surface area (Å²) < 4.78 is 5.69. The van der Waals surface area contributed by atoms with Gasteiger partial charge in [0.05, 0.1) is 6.10 Å². The van der Waals surface area contributed by atoms with Crippen molar-refractivity contribution in [1.29, 1.82) is 0 Å². The first kappa shape index (κ1) is 20.9. The number of ether oxygens (including phenoxy) is 1. The molecule has 5 heteroatoms. The van der Waals surface area contributed by atoms with Gasteiger partial charge < -0.3 is 15.0 Å². The molecule has 1 N–H and O–H groups in total. The molecule has 0 radical (unpaired) electrons. The van der Waals surface area contributed by atoms with Gasteiger partial charge in [-0.05, 0) is 55.5 Å². The van der Waals surface area contributed by atoms with E-state index in [1.54, 1.807) is 11.0 Å². The molecular formula is C24H30N2O3. The Kier molecular flexibility index (Phi) is 6.57. The monoisotopic (exact) mass is 394 g/mol. The minimum Gasteiger partial charge on any atom is -0.491 e. The number of rotatable bonds is 8. The van der Waals surface area contributed by atoms with Crippen LogP contribution in [-0.2, 0) is 11.3 Å². The minimum atomic E-state index is -0.600. The van der Waals surface area contributed by atoms with Crippen molar-refractivity contribution in [3.8, 4) is 5.75 Å². The number of benzene rings is 2. The van der Waals surface area contributed by atoms with Crippen LogP contribution in [0.25, 0.3) is 0 Å². The highest BCUT2D eigenvalue weighted by atomic mass is 16.5. The topological polar surface area (TPSA) is 58.6 Å². The first-order valence-electron chi connectivity index (χ1n) is 10.3. The van der Waals surface area contributed by atoms with Gasteiger partial charge in [0.25, 0.3) is 5.91 Å². The molecule has 1 aliphatic heterocycles. The summed E-state index contributed by atoms with van der Waals surface area (Å²) in [5.74, 6) is 1.08. The van der Waals surface area contributed by atoms with Gasteiger partial charge in [-0.3, -0.25) is 9.59 Å². The standard InChI is InChI=1S/C24H30N2O3/c1-16(2)13-14-25-23(27)22-20-7-5-6-8-21(20)24(28)26(22)15-18-9-11-19(12-10-18)29-17(3)4/h5-12,16-17,22H,13-15H2,1-4H3,(H,25,27). The highest BCUT2D eigenvalue weighted by Gasteiger charge is 2.40. The molecule has 0 aliphatic carbocycles. The van der Waals surface area contributed by atoms with E-state index in [1.165, 1.54) is 0 Å². The number of hydrogen-bond donors (Lipinski definition) is 1. The summed E-state index contributed by atoms with van der Waals surface area (Å²) in [6.45, 7) is 9.20. The van der Waals surface area contributed by atoms with Crippen molar-refractivity contribution in [2.75, 3.05) is 6.54 Å². The Balaban J connectivity index is 1.79. The van der Waals surface area contributed by atoms with E-state index in [-0.39, 0.29) is 17.9 Å². The molecule has 1 heterocycles. The number of nitrogens with zero attached hydrogens (tertiary/aromatic N) is 1. The normalized spacial score (nSPS) is 15.7. The summed E-state index contributed by atoms with van der Waals surface area (Å²) in [6.07, 6.45) is 1.01. The highest BCUT2D eigenvalue weighted by molar-refractivity contribution is 6.04. The molecule has 0 fully saturated rings. The fraction of sp³-hybridized carbons (Fsp3) is 0.417. The number of amides is 2. The second-order valence-corrected chi connectivity index (χ2v) is 8.21. The lowest BCUT2D eigenvalue weighted by Gasteiger charge is -2.25. The van der Waals surface area contributed by atoms with Gasteiger partial charge in [-0.15, -0.1) is 0 Å². The Morgan fingerprint density at radius 1 is 1.07 bits per heavy atom. The van der Waals surface area contributed by atoms with E-state index >= 15 is 0 Å². The molecule has 1 unspecified atom stereocenters. The van der Waals surface area contributed by atoms with Crippen molar-refractivity contribution in [2.24, 2.45) is 5.92 Å². The zero-order valence-electron chi connectivity index (χ0n) is 17.6. The average molecular weight is 395 g/mol. The lowest BCUT2D eigenvalue weighted by Crippen LogP contribution is -2.39. The van der Waals surface area contributed by atoms with Crippen molar-refractivity contribution in [3.05, 3.63) is 65.2 Å². The molecule has 1 atom stereocenters. The number of hydrogen-bond acceptors (Lipinski definition) is 3. The molecule has 154 valence electrons. The zero-order chi connectivity index (χ0) is 21.0. The predicted octanol–water partition coefficient (Wildman–Crippen LogP) is 4.33. The van der Waals surface area contributed by atoms with Crippen LogP contribution in [0, 0.1) is 5.92 Å². The minimum absolute atomic E-state index is 0.105. The Bertz CT molecular complexity index is 859. The Morgan fingerprint density at radius 3 is 2.41 bits per heavy atom. The molecule has 0 saturated heterocycles. The predicted molar refractivity (Wildman–Crippen MR) is 114 cm³/mol. The third kappa shape index (κ3) is 4.97. The molecule has 1 aliphatic rings. The molecule has 0 spiro atoms. The van der Waals surface area contributed by atoms with Crippen molar-refractivity contribution in [2.45, 2.75) is 52.8 Å². The van der Waals surface area contributed by atoms with Crippen molar-refractivity contribution in [1.82, 2.24) is 10.2 Å². The van der Waals surface area contributed by atoms with Gasteiger partial charge >= 0.3 is 0 Å². The zero-order valence-corrected chi connectivity index (χ0v) is 17.6. The van der Waals surface area contributed by atoms with E-state index in [0.717, 1.165) is 23.3 Å². The number of nitrogens with one attached hydrogen (secondary N) is 1. The molecule has 0 aromatic heterocycles. The highest BCUT2D eigenvalue weighted by Crippen LogP contribution is 2.35. The third-order valence-corrected chi connectivity index (χ3v) is 4.98. The lowest BCUT2D eigenvalue weighted by atomic mass is 10.0. The van der Waals surface area contributed by atoms with E-state index < -0.39 is 6.04 Å². The summed E-state index contributed by atoms with van der Waals surface area (Å²) in [5, 5.41) is 3.01. The van der Waals surface area contributed by atoms with Crippen LogP contribution < -0.4 is 10.1 Å². The molecular weight excluding hydrogens is 364 g/mol. The van der Waals surface area contributed by atoms with Crippen molar-refractivity contribution >= 4 is 11.8 Å². The number of carbonyl (C=O) groups excluding carboxylic acids is 2. The van der Waals surface area contributed by atoms with Crippen molar-refractivity contribution in [3.63, 3.8) is 0 Å². The largest absolute Gasteiger partial charge is 0.491 e. The Labute approximate surface area is 173 Å². The van der Waals surface area contributed by atoms with Crippen LogP contribution in [0.1, 0.15) is 61.6 Å². The van der Waals surface area contributed by atoms with Gasteiger partial charge in [0.2, 0.25) is 5.91 Å². The molecule has 5 nitrogen and oxygen atoms in total. The van der Waals surface area contributed by atoms with Gasteiger partial charge in [0, 0.05) is 18.7 Å². The smallest absolute Gasteiger partial charge is 0.255 e. The first-order valence-corrected chi connectivity index (χ1v) is 10.3. The molecule has 29 heavy (non-hydrogen) atoms. The van der Waals surface area contributed by atoms with E-state index in [2.05, 4.69) is 19.2 Å². The van der Waals surface area contributed by atoms with E-state index in [0.29, 0.717) is 24.6 Å². The van der Waals surface area contributed by atoms with Crippen LogP contribution in [0.3, 0.4) is 0 Å². The Hall–Kier alpha value is -2.82. The summed E-state index contributed by atoms with van der Waals surface area (Å²) in [5.41, 5.74) is 2.35. The fourth-order valence-electron chi connectivity index (χ4n) is 3.54. The third-order valence-electron chi connectivity index (χ3n) is 4.98. The van der Waals surface area contributed by atoms with Crippen LogP contribution >= 0.6 is 0 Å². The van der Waals surface area contributed by atoms with Crippen LogP contribution in [0.2, 0.25) is 0 Å². The summed E-state index contributed by atoms with van der Waals surface area (Å²) in [4.78, 5) is 27.7. The van der Waals surface area contributed by atoms with Crippen LogP contribution in [0.15, 0.2) is 48.5 Å². The fourth-order valence-corrected chi connectivity index (χ4v) is 3.54. The number of fused-ring (bicyclic) bond motifs is 1. The van der Waals surface area contributed by atoms with Crippen LogP contribution in [0.5, 0.6) is 5.75 Å². The van der Waals surface area contributed by atoms with Crippen LogP contribution in [-0.4, -0.2) is 29.4 Å². The molecule has 2 aromatic carbocycles. The summed E-state index contributed by atoms with van der Waals surface area (Å²) in [7, 11) is 0. The van der Waals surface area contributed by atoms with E-state index in [1.807, 2.05) is 56.3 Å². The maximum absolute atomic E-state index is 13.0. The molecule has 2 amide bonds. The Morgan fingerprint density at radius 2 is 1.76 bits per heavy atom. The second kappa shape index (κ2) is 9.12. The first-order chi connectivity index (χ1) is 13.9. The average Bonchev–Trinajstić information content (AvgIpc) is 2.95. The van der Waals surface area contributed by atoms with Gasteiger partial charge in [-0.25, -0.2) is 0 Å². The maximum Gasteiger partial charge on any atom is 0.255 e. The summed E-state index contributed by atoms with van der Waals surface area (Å²) in [6, 6.07) is 14.5. The van der Waals surface area contributed by atoms with Crippen molar-refractivity contribution < 1.29 is 14.3 Å². The molecule has 3 rings (SSSR count). The quantitative estimate of drug-likeness (QED) is 0.725. The second-order valence-electron chi connectivity index (χ2n) is 8.21.